The van der Waals surface area contributed by atoms with Crippen molar-refractivity contribution in [3.05, 3.63) is 64.6 Å². The van der Waals surface area contributed by atoms with Gasteiger partial charge >= 0.3 is 0 Å². The maximum Gasteiger partial charge on any atom is 0.267 e. The molecule has 0 radical (unpaired) electrons. The van der Waals surface area contributed by atoms with E-state index in [1.807, 2.05) is 66.4 Å². The molecule has 2 aromatic carbocycles. The van der Waals surface area contributed by atoms with E-state index in [-0.39, 0.29) is 11.9 Å². The number of nitrogens with zero attached hydrogens (tertiary/aromatic N) is 2. The quantitative estimate of drug-likeness (QED) is 0.554. The second kappa shape index (κ2) is 9.09. The summed E-state index contributed by atoms with van der Waals surface area (Å²) in [4.78, 5) is 21.1. The molecule has 0 bridgehead atoms. The first-order valence-electron chi connectivity index (χ1n) is 10.6. The highest BCUT2D eigenvalue weighted by Crippen LogP contribution is 2.40. The van der Waals surface area contributed by atoms with Crippen molar-refractivity contribution in [3.8, 4) is 5.75 Å². The molecule has 1 amide bonds. The van der Waals surface area contributed by atoms with Gasteiger partial charge < -0.3 is 4.74 Å². The maximum atomic E-state index is 13.5. The lowest BCUT2D eigenvalue weighted by Gasteiger charge is -2.35. The number of rotatable bonds is 4. The number of carbonyl (C=O) groups excluding carboxylic acids is 1. The number of amides is 1. The number of ether oxygens (including phenoxy) is 1. The fraction of sp³-hybridized carbons (Fsp3) is 0.360. The third-order valence-electron chi connectivity index (χ3n) is 5.98. The number of hydrogen-bond acceptors (Lipinski definition) is 4. The lowest BCUT2D eigenvalue weighted by atomic mass is 9.85. The zero-order chi connectivity index (χ0) is 21.1. The minimum atomic E-state index is 0.0728. The van der Waals surface area contributed by atoms with E-state index in [0.29, 0.717) is 5.92 Å². The molecule has 1 heterocycles. The average Bonchev–Trinajstić information content (AvgIpc) is 3.05. The summed E-state index contributed by atoms with van der Waals surface area (Å²) in [5.41, 5.74) is 2.99. The van der Waals surface area contributed by atoms with Crippen molar-refractivity contribution < 1.29 is 9.53 Å². The Morgan fingerprint density at radius 1 is 1.13 bits per heavy atom. The molecular weight excluding hydrogens is 392 g/mol. The Bertz CT molecular complexity index is 984. The predicted octanol–water partition coefficient (Wildman–Crippen LogP) is 6.19. The Morgan fingerprint density at radius 2 is 1.90 bits per heavy atom. The van der Waals surface area contributed by atoms with Gasteiger partial charge in [0, 0.05) is 6.04 Å². The number of methoxy groups -OCH3 is 1. The lowest BCUT2D eigenvalue weighted by molar-refractivity contribution is -0.124. The van der Waals surface area contributed by atoms with Crippen molar-refractivity contribution >= 4 is 34.6 Å². The molecule has 156 valence electrons. The zero-order valence-corrected chi connectivity index (χ0v) is 18.6. The van der Waals surface area contributed by atoms with E-state index in [1.165, 1.54) is 24.6 Å². The largest absolute Gasteiger partial charge is 0.497 e. The number of benzene rings is 2. The van der Waals surface area contributed by atoms with Crippen LogP contribution in [0, 0.1) is 12.8 Å². The Hall–Kier alpha value is -2.53. The van der Waals surface area contributed by atoms with Crippen molar-refractivity contribution in [2.75, 3.05) is 7.11 Å². The number of amidine groups is 1. The molecule has 30 heavy (non-hydrogen) atoms. The van der Waals surface area contributed by atoms with Crippen LogP contribution in [-0.4, -0.2) is 29.1 Å². The van der Waals surface area contributed by atoms with Crippen LogP contribution in [0.3, 0.4) is 0 Å². The third-order valence-corrected chi connectivity index (χ3v) is 6.96. The van der Waals surface area contributed by atoms with E-state index in [1.54, 1.807) is 7.11 Å². The van der Waals surface area contributed by atoms with Crippen molar-refractivity contribution in [1.82, 2.24) is 4.90 Å². The lowest BCUT2D eigenvalue weighted by Crippen LogP contribution is -2.44. The van der Waals surface area contributed by atoms with Crippen LogP contribution in [0.5, 0.6) is 5.75 Å². The molecule has 2 aliphatic rings. The van der Waals surface area contributed by atoms with Crippen LogP contribution in [0.1, 0.15) is 43.7 Å². The second-order valence-corrected chi connectivity index (χ2v) is 9.08. The molecule has 4 nitrogen and oxygen atoms in total. The second-order valence-electron chi connectivity index (χ2n) is 8.07. The van der Waals surface area contributed by atoms with E-state index >= 15 is 0 Å². The van der Waals surface area contributed by atoms with Crippen molar-refractivity contribution in [2.24, 2.45) is 10.9 Å². The van der Waals surface area contributed by atoms with Crippen molar-refractivity contribution in [1.29, 1.82) is 0 Å². The Morgan fingerprint density at radius 3 is 2.60 bits per heavy atom. The first kappa shape index (κ1) is 20.7. The standard InChI is InChI=1S/C25H28N2O2S/c1-17-9-7-8-12-22(17)27-24(28)23(16-19-13-14-21(29-3)15-18(19)2)30-25(27)26-20-10-5-4-6-11-20/h4-6,10-11,13-17,22H,7-9,12H2,1-3H3/b23-16-,26-25?/t17-,22+/m0/s1. The van der Waals surface area contributed by atoms with E-state index in [0.717, 1.165) is 45.5 Å². The van der Waals surface area contributed by atoms with Gasteiger partial charge in [-0.15, -0.1) is 0 Å². The maximum absolute atomic E-state index is 13.5. The summed E-state index contributed by atoms with van der Waals surface area (Å²) in [7, 11) is 1.67. The van der Waals surface area contributed by atoms with Crippen LogP contribution in [-0.2, 0) is 4.79 Å². The smallest absolute Gasteiger partial charge is 0.267 e. The molecular formula is C25H28N2O2S. The summed E-state index contributed by atoms with van der Waals surface area (Å²) in [6, 6.07) is 16.1. The molecule has 1 saturated carbocycles. The molecule has 0 N–H and O–H groups in total. The summed E-state index contributed by atoms with van der Waals surface area (Å²) in [5, 5.41) is 0.794. The molecule has 2 atom stereocenters. The van der Waals surface area contributed by atoms with Gasteiger partial charge in [0.1, 0.15) is 5.75 Å². The van der Waals surface area contributed by atoms with Crippen LogP contribution in [0.25, 0.3) is 6.08 Å². The van der Waals surface area contributed by atoms with E-state index in [2.05, 4.69) is 6.92 Å². The minimum absolute atomic E-state index is 0.0728. The molecule has 2 aromatic rings. The van der Waals surface area contributed by atoms with Crippen LogP contribution < -0.4 is 4.74 Å². The van der Waals surface area contributed by atoms with Gasteiger partial charge in [0.25, 0.3) is 5.91 Å². The molecule has 0 spiro atoms. The highest BCUT2D eigenvalue weighted by molar-refractivity contribution is 8.18. The summed E-state index contributed by atoms with van der Waals surface area (Å²) in [6.45, 7) is 4.30. The number of hydrogen-bond donors (Lipinski definition) is 0. The number of aliphatic imine (C=N–C) groups is 1. The van der Waals surface area contributed by atoms with Crippen LogP contribution in [0.4, 0.5) is 5.69 Å². The summed E-state index contributed by atoms with van der Waals surface area (Å²) < 4.78 is 5.31. The highest BCUT2D eigenvalue weighted by atomic mass is 32.2. The van der Waals surface area contributed by atoms with Crippen LogP contribution >= 0.6 is 11.8 Å². The van der Waals surface area contributed by atoms with Gasteiger partial charge in [-0.3, -0.25) is 9.69 Å². The van der Waals surface area contributed by atoms with Gasteiger partial charge in [-0.25, -0.2) is 4.99 Å². The topological polar surface area (TPSA) is 41.9 Å². The molecule has 2 fully saturated rings. The summed E-state index contributed by atoms with van der Waals surface area (Å²) in [5.74, 6) is 1.37. The van der Waals surface area contributed by atoms with E-state index < -0.39 is 0 Å². The van der Waals surface area contributed by atoms with Gasteiger partial charge in [-0.05, 0) is 78.9 Å². The molecule has 1 saturated heterocycles. The molecule has 1 aliphatic heterocycles. The molecule has 4 rings (SSSR count). The molecule has 0 unspecified atom stereocenters. The Balaban J connectivity index is 1.72. The highest BCUT2D eigenvalue weighted by Gasteiger charge is 2.41. The fourth-order valence-electron chi connectivity index (χ4n) is 4.23. The normalized spacial score (nSPS) is 24.6. The Kier molecular flexibility index (Phi) is 6.28. The molecule has 5 heteroatoms. The van der Waals surface area contributed by atoms with Gasteiger partial charge in [-0.2, -0.15) is 0 Å². The summed E-state index contributed by atoms with van der Waals surface area (Å²) >= 11 is 1.49. The zero-order valence-electron chi connectivity index (χ0n) is 17.8. The number of para-hydroxylation sites is 1. The summed E-state index contributed by atoms with van der Waals surface area (Å²) in [6.07, 6.45) is 6.60. The average molecular weight is 421 g/mol. The van der Waals surface area contributed by atoms with Crippen molar-refractivity contribution in [2.45, 2.75) is 45.6 Å². The monoisotopic (exact) mass is 420 g/mol. The number of carbonyl (C=O) groups is 1. The van der Waals surface area contributed by atoms with Gasteiger partial charge in [0.15, 0.2) is 5.17 Å². The van der Waals surface area contributed by atoms with Crippen LogP contribution in [0.15, 0.2) is 58.4 Å². The fourth-order valence-corrected chi connectivity index (χ4v) is 5.26. The van der Waals surface area contributed by atoms with Crippen LogP contribution in [0.2, 0.25) is 0 Å². The van der Waals surface area contributed by atoms with Gasteiger partial charge in [0.05, 0.1) is 17.7 Å². The first-order valence-corrected chi connectivity index (χ1v) is 11.4. The Labute approximate surface area is 183 Å². The molecule has 1 aliphatic carbocycles. The van der Waals surface area contributed by atoms with E-state index in [9.17, 15) is 4.79 Å². The SMILES string of the molecule is COc1ccc(/C=C2\SC(=Nc3ccccc3)N([C@@H]3CCCC[C@@H]3C)C2=O)c(C)c1. The molecule has 0 aromatic heterocycles. The van der Waals surface area contributed by atoms with Gasteiger partial charge in [-0.1, -0.05) is 44.0 Å². The van der Waals surface area contributed by atoms with Gasteiger partial charge in [0.2, 0.25) is 0 Å². The number of thioether (sulfide) groups is 1. The predicted molar refractivity (Wildman–Crippen MR) is 125 cm³/mol. The van der Waals surface area contributed by atoms with Crippen molar-refractivity contribution in [3.63, 3.8) is 0 Å². The first-order chi connectivity index (χ1) is 14.6. The third kappa shape index (κ3) is 4.31. The minimum Gasteiger partial charge on any atom is -0.497 e. The number of aryl methyl sites for hydroxylation is 1. The van der Waals surface area contributed by atoms with E-state index in [4.69, 9.17) is 9.73 Å².